The third kappa shape index (κ3) is 5.60. The Morgan fingerprint density at radius 1 is 1.29 bits per heavy atom. The number of amides is 1. The number of carbonyl (C=O) groups is 1. The van der Waals surface area contributed by atoms with Gasteiger partial charge in [0, 0.05) is 36.9 Å². The van der Waals surface area contributed by atoms with E-state index in [9.17, 15) is 9.90 Å². The topological polar surface area (TPSA) is 111 Å². The maximum Gasteiger partial charge on any atom is 0.409 e. The minimum Gasteiger partial charge on any atom is -0.445 e. The number of carbonyl (C=O) groups excluding carboxylic acids is 1. The molecule has 4 rings (SSSR count). The fourth-order valence-electron chi connectivity index (χ4n) is 5.25. The molecule has 0 bridgehead atoms. The van der Waals surface area contributed by atoms with E-state index in [2.05, 4.69) is 10.00 Å². The molecule has 3 heterocycles. The zero-order chi connectivity index (χ0) is 22.6. The first-order chi connectivity index (χ1) is 14.8. The molecule has 3 N–H and O–H groups in total. The van der Waals surface area contributed by atoms with Gasteiger partial charge in [-0.1, -0.05) is 13.8 Å². The van der Waals surface area contributed by atoms with Crippen LogP contribution < -0.4 is 0 Å². The lowest BCUT2D eigenvalue weighted by Gasteiger charge is -2.51. The van der Waals surface area contributed by atoms with Crippen LogP contribution in [0.5, 0.6) is 0 Å². The molecular weight excluding hydrogens is 399 g/mol. The number of aromatic nitrogens is 2. The highest BCUT2D eigenvalue weighted by atomic mass is 16.6. The monoisotopic (exact) mass is 434 g/mol. The Kier molecular flexibility index (Phi) is 7.67. The zero-order valence-corrected chi connectivity index (χ0v) is 18.6. The molecule has 1 saturated carbocycles. The van der Waals surface area contributed by atoms with Crippen molar-refractivity contribution in [2.45, 2.75) is 70.3 Å². The molecule has 0 atom stereocenters. The van der Waals surface area contributed by atoms with Crippen molar-refractivity contribution in [2.75, 3.05) is 32.8 Å². The molecule has 1 aromatic rings. The quantitative estimate of drug-likeness (QED) is 0.465. The second-order valence-corrected chi connectivity index (χ2v) is 8.87. The van der Waals surface area contributed by atoms with Crippen molar-refractivity contribution in [2.24, 2.45) is 5.41 Å². The van der Waals surface area contributed by atoms with Crippen LogP contribution in [0.4, 0.5) is 4.79 Å². The van der Waals surface area contributed by atoms with Crippen molar-refractivity contribution in [3.8, 4) is 0 Å². The summed E-state index contributed by atoms with van der Waals surface area (Å²) in [6.45, 7) is 6.66. The molecule has 3 fully saturated rings. The van der Waals surface area contributed by atoms with Gasteiger partial charge in [-0.2, -0.15) is 5.10 Å². The van der Waals surface area contributed by atoms with E-state index in [1.807, 2.05) is 19.9 Å². The SMILES string of the molecule is CC.[B]C(O)(O)COC(=O)N1CCC2(CC(N3CCC(c4ccnn4CO)CC3)C2)C1. The maximum atomic E-state index is 12.1. The molecule has 1 aliphatic carbocycles. The van der Waals surface area contributed by atoms with Crippen molar-refractivity contribution in [3.05, 3.63) is 18.0 Å². The van der Waals surface area contributed by atoms with Crippen molar-refractivity contribution < 1.29 is 24.9 Å². The number of nitrogens with zero attached hydrogens (tertiary/aromatic N) is 4. The number of hydrogen-bond donors (Lipinski definition) is 3. The predicted molar refractivity (Wildman–Crippen MR) is 115 cm³/mol. The average molecular weight is 434 g/mol. The molecule has 0 aromatic carbocycles. The first-order valence-electron chi connectivity index (χ1n) is 11.3. The van der Waals surface area contributed by atoms with E-state index in [1.54, 1.807) is 15.8 Å². The summed E-state index contributed by atoms with van der Waals surface area (Å²) in [6.07, 6.45) is 6.46. The Hall–Kier alpha value is -1.62. The van der Waals surface area contributed by atoms with Gasteiger partial charge >= 0.3 is 6.09 Å². The van der Waals surface area contributed by atoms with Crippen molar-refractivity contribution in [1.82, 2.24) is 19.6 Å². The van der Waals surface area contributed by atoms with Crippen LogP contribution in [0.1, 0.15) is 57.6 Å². The highest BCUT2D eigenvalue weighted by Gasteiger charge is 2.51. The van der Waals surface area contributed by atoms with Crippen LogP contribution in [-0.2, 0) is 11.5 Å². The minimum atomic E-state index is -2.49. The Morgan fingerprint density at radius 3 is 2.58 bits per heavy atom. The van der Waals surface area contributed by atoms with Gasteiger partial charge in [0.1, 0.15) is 19.0 Å². The summed E-state index contributed by atoms with van der Waals surface area (Å²) >= 11 is 0. The standard InChI is InChI=1S/C19H29BN4O5.C2H6/c20-19(27,28)12-29-17(26)23-8-4-18(11-23)9-15(10-18)22-6-2-14(3-7-22)16-1-5-21-24(16)13-25;1-2/h1,5,14-15,25,27-28H,2-4,6-13H2;1-2H3. The van der Waals surface area contributed by atoms with Gasteiger partial charge in [-0.05, 0) is 56.7 Å². The zero-order valence-electron chi connectivity index (χ0n) is 18.6. The Labute approximate surface area is 185 Å². The van der Waals surface area contributed by atoms with Crippen molar-refractivity contribution >= 4 is 13.9 Å². The van der Waals surface area contributed by atoms with Crippen LogP contribution in [0.25, 0.3) is 0 Å². The summed E-state index contributed by atoms with van der Waals surface area (Å²) in [5, 5.41) is 31.7. The summed E-state index contributed by atoms with van der Waals surface area (Å²) in [7, 11) is 5.02. The third-order valence-corrected chi connectivity index (χ3v) is 6.79. The smallest absolute Gasteiger partial charge is 0.409 e. The van der Waals surface area contributed by atoms with Gasteiger partial charge in [0.05, 0.1) is 0 Å². The van der Waals surface area contributed by atoms with E-state index in [4.69, 9.17) is 22.8 Å². The third-order valence-electron chi connectivity index (χ3n) is 6.79. The van der Waals surface area contributed by atoms with Crippen LogP contribution in [0.2, 0.25) is 0 Å². The molecular formula is C21H35BN4O5. The molecule has 3 aliphatic rings. The molecule has 1 aromatic heterocycles. The number of rotatable bonds is 5. The van der Waals surface area contributed by atoms with E-state index in [0.717, 1.165) is 50.9 Å². The Bertz CT molecular complexity index is 724. The number of likely N-dealkylation sites (tertiary alicyclic amines) is 2. The highest BCUT2D eigenvalue weighted by Crippen LogP contribution is 2.51. The average Bonchev–Trinajstić information content (AvgIpc) is 3.39. The van der Waals surface area contributed by atoms with Gasteiger partial charge in [0.15, 0.2) is 7.85 Å². The lowest BCUT2D eigenvalue weighted by Crippen LogP contribution is -2.54. The normalized spacial score (nSPS) is 27.0. The first-order valence-corrected chi connectivity index (χ1v) is 11.3. The van der Waals surface area contributed by atoms with E-state index < -0.39 is 18.4 Å². The van der Waals surface area contributed by atoms with Gasteiger partial charge in [-0.15, -0.1) is 0 Å². The second kappa shape index (κ2) is 9.89. The van der Waals surface area contributed by atoms with Gasteiger partial charge in [-0.3, -0.25) is 0 Å². The highest BCUT2D eigenvalue weighted by molar-refractivity contribution is 6.13. The second-order valence-electron chi connectivity index (χ2n) is 8.87. The Morgan fingerprint density at radius 2 is 1.97 bits per heavy atom. The van der Waals surface area contributed by atoms with Gasteiger partial charge in [0.25, 0.3) is 0 Å². The van der Waals surface area contributed by atoms with Crippen molar-refractivity contribution in [3.63, 3.8) is 0 Å². The van der Waals surface area contributed by atoms with Gasteiger partial charge < -0.3 is 29.9 Å². The summed E-state index contributed by atoms with van der Waals surface area (Å²) in [6, 6.07) is 2.56. The number of aliphatic hydroxyl groups is 3. The number of piperidine rings is 1. The van der Waals surface area contributed by atoms with Crippen LogP contribution >= 0.6 is 0 Å². The fourth-order valence-corrected chi connectivity index (χ4v) is 5.25. The van der Waals surface area contributed by atoms with Crippen LogP contribution in [-0.4, -0.2) is 93.4 Å². The first kappa shape index (κ1) is 24.0. The minimum absolute atomic E-state index is 0.0739. The molecule has 2 radical (unpaired) electrons. The van der Waals surface area contributed by atoms with Gasteiger partial charge in [-0.25, -0.2) is 9.48 Å². The van der Waals surface area contributed by atoms with Gasteiger partial charge in [0.2, 0.25) is 0 Å². The van der Waals surface area contributed by atoms with Crippen LogP contribution in [0, 0.1) is 5.41 Å². The molecule has 2 saturated heterocycles. The molecule has 10 heteroatoms. The summed E-state index contributed by atoms with van der Waals surface area (Å²) < 4.78 is 6.56. The van der Waals surface area contributed by atoms with Crippen LogP contribution in [0.3, 0.4) is 0 Å². The molecule has 0 unspecified atom stereocenters. The predicted octanol–water partition coefficient (Wildman–Crippen LogP) is 0.836. The number of hydrogen-bond acceptors (Lipinski definition) is 7. The fraction of sp³-hybridized carbons (Fsp3) is 0.810. The molecule has 2 aliphatic heterocycles. The molecule has 1 spiro atoms. The van der Waals surface area contributed by atoms with E-state index in [-0.39, 0.29) is 12.1 Å². The van der Waals surface area contributed by atoms with E-state index in [1.165, 1.54) is 0 Å². The Balaban J connectivity index is 0.00000132. The maximum absolute atomic E-state index is 12.1. The number of aliphatic hydroxyl groups excluding tert-OH is 1. The summed E-state index contributed by atoms with van der Waals surface area (Å²) in [4.78, 5) is 16.3. The summed E-state index contributed by atoms with van der Waals surface area (Å²) in [5.74, 6) is 0.444. The molecule has 172 valence electrons. The van der Waals surface area contributed by atoms with E-state index in [0.29, 0.717) is 25.0 Å². The molecule has 31 heavy (non-hydrogen) atoms. The lowest BCUT2D eigenvalue weighted by atomic mass is 9.64. The van der Waals surface area contributed by atoms with Crippen molar-refractivity contribution in [1.29, 1.82) is 0 Å². The summed E-state index contributed by atoms with van der Waals surface area (Å²) in [5.41, 5.74) is -1.21. The van der Waals surface area contributed by atoms with E-state index >= 15 is 0 Å². The number of ether oxygens (including phenoxy) is 1. The molecule has 9 nitrogen and oxygen atoms in total. The largest absolute Gasteiger partial charge is 0.445 e. The lowest BCUT2D eigenvalue weighted by molar-refractivity contribution is -0.121. The molecule has 1 amide bonds. The van der Waals surface area contributed by atoms with Crippen LogP contribution in [0.15, 0.2) is 12.3 Å².